The van der Waals surface area contributed by atoms with Crippen molar-refractivity contribution >= 4 is 28.6 Å². The van der Waals surface area contributed by atoms with Gasteiger partial charge in [0.15, 0.2) is 0 Å². The summed E-state index contributed by atoms with van der Waals surface area (Å²) in [5.74, 6) is -5.30. The van der Waals surface area contributed by atoms with Crippen molar-refractivity contribution in [2.24, 2.45) is 29.4 Å². The average molecular weight is 695 g/mol. The topological polar surface area (TPSA) is 116 Å². The molecular formula is C35H43F5N4O5. The van der Waals surface area contributed by atoms with Gasteiger partial charge in [0, 0.05) is 39.5 Å². The van der Waals surface area contributed by atoms with Gasteiger partial charge >= 0.3 is 6.36 Å². The summed E-state index contributed by atoms with van der Waals surface area (Å²) >= 11 is 0. The van der Waals surface area contributed by atoms with Crippen LogP contribution in [0.3, 0.4) is 0 Å². The minimum Gasteiger partial charge on any atom is -0.405 e. The Hall–Kier alpha value is -4.20. The van der Waals surface area contributed by atoms with Crippen molar-refractivity contribution in [1.29, 1.82) is 0 Å². The van der Waals surface area contributed by atoms with Crippen LogP contribution in [0.5, 0.6) is 5.75 Å². The zero-order valence-corrected chi connectivity index (χ0v) is 28.2. The first-order valence-corrected chi connectivity index (χ1v) is 16.2. The molecular weight excluding hydrogens is 651 g/mol. The highest BCUT2D eigenvalue weighted by Crippen LogP contribution is 2.38. The molecule has 49 heavy (non-hydrogen) atoms. The van der Waals surface area contributed by atoms with E-state index >= 15 is 4.39 Å². The van der Waals surface area contributed by atoms with Crippen LogP contribution in [-0.4, -0.2) is 60.4 Å². The van der Waals surface area contributed by atoms with Crippen LogP contribution in [0.15, 0.2) is 36.5 Å². The van der Waals surface area contributed by atoms with Gasteiger partial charge in [-0.05, 0) is 59.9 Å². The highest BCUT2D eigenvalue weighted by atomic mass is 19.4. The average Bonchev–Trinajstić information content (AvgIpc) is 3.42. The number of carbonyl (C=O) groups excluding carboxylic acids is 3. The number of ether oxygens (including phenoxy) is 2. The number of likely N-dealkylation sites (tertiary alicyclic amines) is 1. The Labute approximate surface area is 281 Å². The Morgan fingerprint density at radius 1 is 0.980 bits per heavy atom. The molecule has 268 valence electrons. The normalized spacial score (nSPS) is 15.6. The fourth-order valence-corrected chi connectivity index (χ4v) is 6.80. The van der Waals surface area contributed by atoms with Crippen molar-refractivity contribution < 1.29 is 45.8 Å². The van der Waals surface area contributed by atoms with Crippen molar-refractivity contribution in [3.63, 3.8) is 0 Å². The maximum atomic E-state index is 15.1. The molecule has 1 aliphatic rings. The molecule has 0 bridgehead atoms. The number of primary amides is 1. The summed E-state index contributed by atoms with van der Waals surface area (Å²) in [4.78, 5) is 40.6. The first-order valence-electron chi connectivity index (χ1n) is 16.2. The summed E-state index contributed by atoms with van der Waals surface area (Å²) in [6, 6.07) is 6.25. The Balaban J connectivity index is 1.51. The van der Waals surface area contributed by atoms with E-state index in [1.807, 2.05) is 27.7 Å². The number of nitrogens with two attached hydrogens (primary N) is 1. The Kier molecular flexibility index (Phi) is 11.9. The summed E-state index contributed by atoms with van der Waals surface area (Å²) in [5, 5.41) is 2.58. The Bertz CT molecular complexity index is 1660. The van der Waals surface area contributed by atoms with Crippen molar-refractivity contribution in [2.75, 3.05) is 26.8 Å². The standard InChI is InChI=1S/C35H43F5N4O5/c1-19(2)28(32(41)45)29(20(3)4)33(46)42-17-21-6-7-25(36)23(16-21)22-10-12-43(13-11-22)34(47)24-18-44(14-15-48-5)31-26(37)8-9-27(30(24)31)49-35(38,39)40/h6-9,16,18-20,22,28-29H,10-15,17H2,1-5H3,(H2,41,45)(H,42,46)/t28?,29-/m0/s1. The highest BCUT2D eigenvalue weighted by Gasteiger charge is 2.37. The monoisotopic (exact) mass is 694 g/mol. The molecule has 0 spiro atoms. The van der Waals surface area contributed by atoms with Gasteiger partial charge in [-0.25, -0.2) is 8.78 Å². The zero-order valence-electron chi connectivity index (χ0n) is 28.2. The lowest BCUT2D eigenvalue weighted by molar-refractivity contribution is -0.274. The number of hydrogen-bond donors (Lipinski definition) is 2. The molecule has 14 heteroatoms. The lowest BCUT2D eigenvalue weighted by Gasteiger charge is -2.32. The van der Waals surface area contributed by atoms with Crippen LogP contribution in [0, 0.1) is 35.3 Å². The van der Waals surface area contributed by atoms with Gasteiger partial charge in [0.25, 0.3) is 5.91 Å². The predicted octanol–water partition coefficient (Wildman–Crippen LogP) is 6.13. The second-order valence-corrected chi connectivity index (χ2v) is 13.1. The number of fused-ring (bicyclic) bond motifs is 1. The van der Waals surface area contributed by atoms with Crippen molar-refractivity contribution in [2.45, 2.75) is 65.9 Å². The van der Waals surface area contributed by atoms with Crippen molar-refractivity contribution in [3.8, 4) is 5.75 Å². The molecule has 9 nitrogen and oxygen atoms in total. The van der Waals surface area contributed by atoms with Crippen molar-refractivity contribution in [3.05, 3.63) is 64.9 Å². The molecule has 1 fully saturated rings. The molecule has 2 heterocycles. The Morgan fingerprint density at radius 2 is 1.61 bits per heavy atom. The van der Waals surface area contributed by atoms with E-state index in [2.05, 4.69) is 10.1 Å². The summed E-state index contributed by atoms with van der Waals surface area (Å²) < 4.78 is 80.5. The quantitative estimate of drug-likeness (QED) is 0.209. The van der Waals surface area contributed by atoms with E-state index in [1.54, 1.807) is 12.1 Å². The lowest BCUT2D eigenvalue weighted by atomic mass is 9.76. The molecule has 0 radical (unpaired) electrons. The van der Waals surface area contributed by atoms with Crippen LogP contribution in [0.1, 0.15) is 67.9 Å². The Morgan fingerprint density at radius 3 is 2.18 bits per heavy atom. The fourth-order valence-electron chi connectivity index (χ4n) is 6.80. The zero-order chi connectivity index (χ0) is 36.2. The largest absolute Gasteiger partial charge is 0.573 e. The first kappa shape index (κ1) is 37.6. The molecule has 1 aliphatic heterocycles. The molecule has 3 aromatic rings. The summed E-state index contributed by atoms with van der Waals surface area (Å²) in [5.41, 5.74) is 6.33. The number of aromatic nitrogens is 1. The number of halogens is 5. The van der Waals surface area contributed by atoms with Crippen LogP contribution < -0.4 is 15.8 Å². The smallest absolute Gasteiger partial charge is 0.405 e. The number of nitrogens with one attached hydrogen (secondary N) is 1. The van der Waals surface area contributed by atoms with E-state index in [-0.39, 0.29) is 72.9 Å². The van der Waals surface area contributed by atoms with Gasteiger partial charge in [-0.2, -0.15) is 0 Å². The SMILES string of the molecule is COCCn1cc(C(=O)N2CCC(c3cc(CNC(=O)[C@@H](C(C)C)C(C(N)=O)C(C)C)ccc3F)CC2)c2c(OC(F)(F)F)ccc(F)c21. The van der Waals surface area contributed by atoms with Crippen molar-refractivity contribution in [1.82, 2.24) is 14.8 Å². The molecule has 1 aromatic heterocycles. The van der Waals surface area contributed by atoms with E-state index in [0.29, 0.717) is 24.0 Å². The third-order valence-corrected chi connectivity index (χ3v) is 9.13. The number of rotatable bonds is 13. The molecule has 0 aliphatic carbocycles. The van der Waals surface area contributed by atoms with E-state index in [4.69, 9.17) is 10.5 Å². The highest BCUT2D eigenvalue weighted by molar-refractivity contribution is 6.09. The maximum Gasteiger partial charge on any atom is 0.573 e. The van der Waals surface area contributed by atoms with Gasteiger partial charge in [0.2, 0.25) is 11.8 Å². The third kappa shape index (κ3) is 8.70. The number of carbonyl (C=O) groups is 3. The van der Waals surface area contributed by atoms with Crippen LogP contribution in [-0.2, 0) is 27.4 Å². The third-order valence-electron chi connectivity index (χ3n) is 9.13. The molecule has 2 aromatic carbocycles. The maximum absolute atomic E-state index is 15.1. The molecule has 2 atom stereocenters. The number of hydrogen-bond acceptors (Lipinski definition) is 5. The first-order chi connectivity index (χ1) is 23.0. The number of benzene rings is 2. The lowest BCUT2D eigenvalue weighted by Crippen LogP contribution is -2.44. The van der Waals surface area contributed by atoms with Crippen LogP contribution in [0.4, 0.5) is 22.0 Å². The van der Waals surface area contributed by atoms with E-state index in [0.717, 1.165) is 12.1 Å². The molecule has 4 rings (SSSR count). The molecule has 1 unspecified atom stereocenters. The van der Waals surface area contributed by atoms with Gasteiger partial charge in [-0.15, -0.1) is 13.2 Å². The van der Waals surface area contributed by atoms with Gasteiger partial charge in [-0.3, -0.25) is 14.4 Å². The molecule has 3 amide bonds. The number of alkyl halides is 3. The minimum absolute atomic E-state index is 0.0758. The van der Waals surface area contributed by atoms with Gasteiger partial charge in [0.05, 0.1) is 34.9 Å². The second kappa shape index (κ2) is 15.6. The summed E-state index contributed by atoms with van der Waals surface area (Å²) in [6.07, 6.45) is -3.07. The second-order valence-electron chi connectivity index (χ2n) is 13.1. The van der Waals surface area contributed by atoms with Crippen LogP contribution >= 0.6 is 0 Å². The summed E-state index contributed by atoms with van der Waals surface area (Å²) in [6.45, 7) is 8.00. The number of nitrogens with zero attached hydrogens (tertiary/aromatic N) is 2. The fraction of sp³-hybridized carbons (Fsp3) is 0.514. The van der Waals surface area contributed by atoms with E-state index in [1.165, 1.54) is 28.8 Å². The van der Waals surface area contributed by atoms with Crippen LogP contribution in [0.25, 0.3) is 10.9 Å². The van der Waals surface area contributed by atoms with Gasteiger partial charge < -0.3 is 30.0 Å². The van der Waals surface area contributed by atoms with Gasteiger partial charge in [0.1, 0.15) is 17.4 Å². The molecule has 0 saturated carbocycles. The van der Waals surface area contributed by atoms with E-state index < -0.39 is 47.4 Å². The van der Waals surface area contributed by atoms with Crippen LogP contribution in [0.2, 0.25) is 0 Å². The van der Waals surface area contributed by atoms with E-state index in [9.17, 15) is 31.9 Å². The summed E-state index contributed by atoms with van der Waals surface area (Å²) in [7, 11) is 1.42. The number of piperidine rings is 1. The number of methoxy groups -OCH3 is 1. The molecule has 3 N–H and O–H groups in total. The molecule has 1 saturated heterocycles. The van der Waals surface area contributed by atoms with Gasteiger partial charge in [-0.1, -0.05) is 39.8 Å². The number of amides is 3. The minimum atomic E-state index is -5.07. The predicted molar refractivity (Wildman–Crippen MR) is 172 cm³/mol.